The summed E-state index contributed by atoms with van der Waals surface area (Å²) in [5, 5.41) is 12.2. The fourth-order valence-corrected chi connectivity index (χ4v) is 2.87. The first-order valence-corrected chi connectivity index (χ1v) is 7.29. The van der Waals surface area contributed by atoms with Crippen molar-refractivity contribution in [2.45, 2.75) is 13.3 Å². The Morgan fingerprint density at radius 1 is 1.24 bits per heavy atom. The second kappa shape index (κ2) is 6.97. The average Bonchev–Trinajstić information content (AvgIpc) is 2.29. The van der Waals surface area contributed by atoms with Gasteiger partial charge in [0.15, 0.2) is 0 Å². The predicted octanol–water partition coefficient (Wildman–Crippen LogP) is 5.69. The van der Waals surface area contributed by atoms with Gasteiger partial charge in [-0.3, -0.25) is 0 Å². The number of thioether (sulfide) groups is 1. The Hall–Kier alpha value is 0.220. The molecule has 1 atom stereocenters. The Balaban J connectivity index is 2.94. The van der Waals surface area contributed by atoms with Crippen LogP contribution in [0.1, 0.15) is 12.5 Å². The van der Waals surface area contributed by atoms with Crippen LogP contribution in [0.2, 0.25) is 20.1 Å². The topological polar surface area (TPSA) is 23.8 Å². The molecule has 0 bridgehead atoms. The number of hydrogen-bond acceptors (Lipinski definition) is 2. The van der Waals surface area contributed by atoms with Crippen LogP contribution in [0.25, 0.3) is 0 Å². The molecule has 1 aromatic carbocycles. The Labute approximate surface area is 125 Å². The molecule has 0 aliphatic carbocycles. The minimum atomic E-state index is 0.268. The Morgan fingerprint density at radius 2 is 1.76 bits per heavy atom. The van der Waals surface area contributed by atoms with Crippen LogP contribution in [0, 0.1) is 16.6 Å². The van der Waals surface area contributed by atoms with Crippen molar-refractivity contribution in [1.82, 2.24) is 0 Å². The fourth-order valence-electron chi connectivity index (χ4n) is 1.39. The van der Waals surface area contributed by atoms with Gasteiger partial charge in [0.05, 0.1) is 20.1 Å². The zero-order chi connectivity index (χ0) is 13.0. The molecule has 17 heavy (non-hydrogen) atoms. The summed E-state index contributed by atoms with van der Waals surface area (Å²) in [6.07, 6.45) is 0.645. The van der Waals surface area contributed by atoms with Crippen LogP contribution in [-0.2, 0) is 6.42 Å². The third kappa shape index (κ3) is 4.12. The molecule has 0 radical (unpaired) electrons. The summed E-state index contributed by atoms with van der Waals surface area (Å²) in [6.45, 7) is 2.02. The molecule has 0 fully saturated rings. The van der Waals surface area contributed by atoms with Crippen LogP contribution in [0.3, 0.4) is 0 Å². The largest absolute Gasteiger partial charge is 0.185 e. The van der Waals surface area contributed by atoms with Crippen LogP contribution >= 0.6 is 58.2 Å². The van der Waals surface area contributed by atoms with E-state index in [0.717, 1.165) is 5.56 Å². The molecule has 1 unspecified atom stereocenters. The van der Waals surface area contributed by atoms with Crippen molar-refractivity contribution in [3.63, 3.8) is 0 Å². The standard InChI is InChI=1S/C11H9Cl4NS/c1-6(4-17-5-16)2-7-10(14)8(12)3-9(13)11(7)15/h3,6H,2,4H2,1H3. The Bertz CT molecular complexity index is 430. The number of nitrogens with zero attached hydrogens (tertiary/aromatic N) is 1. The van der Waals surface area contributed by atoms with Gasteiger partial charge in [-0.2, -0.15) is 5.26 Å². The third-order valence-electron chi connectivity index (χ3n) is 2.19. The van der Waals surface area contributed by atoms with Crippen LogP contribution in [0.5, 0.6) is 0 Å². The van der Waals surface area contributed by atoms with E-state index in [-0.39, 0.29) is 5.92 Å². The molecule has 6 heteroatoms. The summed E-state index contributed by atoms with van der Waals surface area (Å²) < 4.78 is 0. The third-order valence-corrected chi connectivity index (χ3v) is 4.71. The molecule has 0 aliphatic heterocycles. The maximum absolute atomic E-state index is 8.50. The van der Waals surface area contributed by atoms with Gasteiger partial charge in [-0.15, -0.1) is 0 Å². The average molecular weight is 329 g/mol. The van der Waals surface area contributed by atoms with Gasteiger partial charge < -0.3 is 0 Å². The van der Waals surface area contributed by atoms with Crippen molar-refractivity contribution >= 4 is 58.2 Å². The Morgan fingerprint density at radius 3 is 2.24 bits per heavy atom. The van der Waals surface area contributed by atoms with E-state index in [2.05, 4.69) is 0 Å². The van der Waals surface area contributed by atoms with E-state index in [0.29, 0.717) is 32.3 Å². The summed E-state index contributed by atoms with van der Waals surface area (Å²) >= 11 is 25.3. The first-order valence-electron chi connectivity index (χ1n) is 4.80. The van der Waals surface area contributed by atoms with Crippen LogP contribution in [-0.4, -0.2) is 5.75 Å². The summed E-state index contributed by atoms with van der Waals surface area (Å²) in [7, 11) is 0. The van der Waals surface area contributed by atoms with Gasteiger partial charge in [-0.05, 0) is 35.7 Å². The fraction of sp³-hybridized carbons (Fsp3) is 0.364. The maximum Gasteiger partial charge on any atom is 0.133 e. The maximum atomic E-state index is 8.50. The summed E-state index contributed by atoms with van der Waals surface area (Å²) in [4.78, 5) is 0. The second-order valence-electron chi connectivity index (χ2n) is 3.66. The van der Waals surface area contributed by atoms with Gasteiger partial charge in [-0.1, -0.05) is 53.3 Å². The molecule has 1 nitrogen and oxygen atoms in total. The van der Waals surface area contributed by atoms with E-state index in [4.69, 9.17) is 51.7 Å². The van der Waals surface area contributed by atoms with E-state index < -0.39 is 0 Å². The molecule has 0 saturated carbocycles. The van der Waals surface area contributed by atoms with E-state index in [1.807, 2.05) is 12.3 Å². The van der Waals surface area contributed by atoms with Crippen molar-refractivity contribution in [3.8, 4) is 5.40 Å². The van der Waals surface area contributed by atoms with E-state index in [1.54, 1.807) is 0 Å². The monoisotopic (exact) mass is 327 g/mol. The zero-order valence-electron chi connectivity index (χ0n) is 8.94. The Kier molecular flexibility index (Phi) is 6.26. The van der Waals surface area contributed by atoms with E-state index >= 15 is 0 Å². The van der Waals surface area contributed by atoms with Crippen molar-refractivity contribution < 1.29 is 0 Å². The molecular weight excluding hydrogens is 320 g/mol. The summed E-state index contributed by atoms with van der Waals surface area (Å²) in [5.41, 5.74) is 0.747. The predicted molar refractivity (Wildman–Crippen MR) is 77.4 cm³/mol. The second-order valence-corrected chi connectivity index (χ2v) is 6.03. The lowest BCUT2D eigenvalue weighted by atomic mass is 10.0. The lowest BCUT2D eigenvalue weighted by molar-refractivity contribution is 0.660. The van der Waals surface area contributed by atoms with Crippen molar-refractivity contribution in [2.24, 2.45) is 5.92 Å². The van der Waals surface area contributed by atoms with E-state index in [1.165, 1.54) is 17.8 Å². The van der Waals surface area contributed by atoms with Gasteiger partial charge in [-0.25, -0.2) is 0 Å². The quantitative estimate of drug-likeness (QED) is 0.523. The molecule has 0 amide bonds. The molecule has 0 aliphatic rings. The van der Waals surface area contributed by atoms with Gasteiger partial charge in [0.1, 0.15) is 5.40 Å². The van der Waals surface area contributed by atoms with E-state index in [9.17, 15) is 0 Å². The molecule has 0 saturated heterocycles. The molecule has 0 spiro atoms. The highest BCUT2D eigenvalue weighted by molar-refractivity contribution is 8.03. The van der Waals surface area contributed by atoms with Gasteiger partial charge >= 0.3 is 0 Å². The zero-order valence-corrected chi connectivity index (χ0v) is 12.8. The van der Waals surface area contributed by atoms with Crippen LogP contribution in [0.15, 0.2) is 6.07 Å². The van der Waals surface area contributed by atoms with Crippen LogP contribution < -0.4 is 0 Å². The highest BCUT2D eigenvalue weighted by Gasteiger charge is 2.16. The normalized spacial score (nSPS) is 12.2. The number of nitriles is 1. The minimum absolute atomic E-state index is 0.268. The van der Waals surface area contributed by atoms with Crippen molar-refractivity contribution in [1.29, 1.82) is 5.26 Å². The first-order chi connectivity index (χ1) is 7.97. The van der Waals surface area contributed by atoms with Gasteiger partial charge in [0, 0.05) is 5.75 Å². The number of rotatable bonds is 4. The lowest BCUT2D eigenvalue weighted by Gasteiger charge is -2.14. The molecule has 0 heterocycles. The first kappa shape index (κ1) is 15.3. The minimum Gasteiger partial charge on any atom is -0.185 e. The van der Waals surface area contributed by atoms with Gasteiger partial charge in [0.25, 0.3) is 0 Å². The lowest BCUT2D eigenvalue weighted by Crippen LogP contribution is -2.04. The molecule has 0 N–H and O–H groups in total. The molecule has 1 aromatic rings. The number of thiocyanates is 1. The molecule has 92 valence electrons. The molecule has 1 rings (SSSR count). The highest BCUT2D eigenvalue weighted by atomic mass is 35.5. The summed E-state index contributed by atoms with van der Waals surface area (Å²) in [6, 6.07) is 1.53. The molecular formula is C11H9Cl4NS. The number of halogens is 4. The number of benzene rings is 1. The smallest absolute Gasteiger partial charge is 0.133 e. The SMILES string of the molecule is CC(CSC#N)Cc1c(Cl)c(Cl)cc(Cl)c1Cl. The van der Waals surface area contributed by atoms with Gasteiger partial charge in [0.2, 0.25) is 0 Å². The molecule has 0 aromatic heterocycles. The van der Waals surface area contributed by atoms with Crippen molar-refractivity contribution in [2.75, 3.05) is 5.75 Å². The summed E-state index contributed by atoms with van der Waals surface area (Å²) in [5.74, 6) is 0.983. The van der Waals surface area contributed by atoms with Crippen LogP contribution in [0.4, 0.5) is 0 Å². The highest BCUT2D eigenvalue weighted by Crippen LogP contribution is 2.38. The number of hydrogen-bond donors (Lipinski definition) is 0. The van der Waals surface area contributed by atoms with Crippen molar-refractivity contribution in [3.05, 3.63) is 31.7 Å².